The smallest absolute Gasteiger partial charge is 0.244 e. The molecule has 4 nitrogen and oxygen atoms in total. The number of carbonyl (C=O) groups is 2. The standard InChI is InChI=1S/C24H22N2O2S/c1-17-9-5-6-12-19(17)25-23(27)16-26-20-13-7-8-14-21(20)29-22(15-24(26)28)18-10-3-2-4-11-18/h2-14,22H,15-16H2,1H3,(H,25,27)/t22-/m1/s1. The number of hydrogen-bond acceptors (Lipinski definition) is 3. The Morgan fingerprint density at radius 1 is 1.00 bits per heavy atom. The Bertz CT molecular complexity index is 1040. The van der Waals surface area contributed by atoms with Crippen LogP contribution in [0.2, 0.25) is 0 Å². The zero-order valence-electron chi connectivity index (χ0n) is 16.2. The third kappa shape index (κ3) is 4.35. The summed E-state index contributed by atoms with van der Waals surface area (Å²) in [5, 5.41) is 2.96. The van der Waals surface area contributed by atoms with Crippen molar-refractivity contribution in [3.05, 3.63) is 90.0 Å². The van der Waals surface area contributed by atoms with E-state index in [9.17, 15) is 9.59 Å². The van der Waals surface area contributed by atoms with E-state index in [0.717, 1.165) is 27.4 Å². The molecule has 0 saturated heterocycles. The number of nitrogens with zero attached hydrogens (tertiary/aromatic N) is 1. The summed E-state index contributed by atoms with van der Waals surface area (Å²) in [5.41, 5.74) is 3.67. The van der Waals surface area contributed by atoms with Gasteiger partial charge in [-0.3, -0.25) is 9.59 Å². The number of para-hydroxylation sites is 2. The number of amides is 2. The van der Waals surface area contributed by atoms with Gasteiger partial charge < -0.3 is 10.2 Å². The molecule has 0 radical (unpaired) electrons. The third-order valence-electron chi connectivity index (χ3n) is 4.98. The van der Waals surface area contributed by atoms with Crippen molar-refractivity contribution in [1.82, 2.24) is 0 Å². The second kappa shape index (κ2) is 8.53. The molecule has 0 fully saturated rings. The predicted molar refractivity (Wildman–Crippen MR) is 118 cm³/mol. The zero-order valence-corrected chi connectivity index (χ0v) is 17.0. The largest absolute Gasteiger partial charge is 0.324 e. The van der Waals surface area contributed by atoms with E-state index < -0.39 is 0 Å². The summed E-state index contributed by atoms with van der Waals surface area (Å²) in [7, 11) is 0. The quantitative estimate of drug-likeness (QED) is 0.652. The van der Waals surface area contributed by atoms with Crippen LogP contribution in [0.25, 0.3) is 0 Å². The topological polar surface area (TPSA) is 49.4 Å². The number of hydrogen-bond donors (Lipinski definition) is 1. The van der Waals surface area contributed by atoms with Gasteiger partial charge in [0, 0.05) is 22.3 Å². The van der Waals surface area contributed by atoms with Crippen LogP contribution < -0.4 is 10.2 Å². The molecule has 0 aliphatic carbocycles. The predicted octanol–water partition coefficient (Wildman–Crippen LogP) is 5.20. The van der Waals surface area contributed by atoms with Crippen LogP contribution >= 0.6 is 11.8 Å². The fourth-order valence-corrected chi connectivity index (χ4v) is 4.73. The minimum Gasteiger partial charge on any atom is -0.324 e. The molecule has 29 heavy (non-hydrogen) atoms. The van der Waals surface area contributed by atoms with Gasteiger partial charge in [-0.1, -0.05) is 60.7 Å². The van der Waals surface area contributed by atoms with Gasteiger partial charge in [-0.15, -0.1) is 11.8 Å². The first kappa shape index (κ1) is 19.3. The fourth-order valence-electron chi connectivity index (χ4n) is 3.45. The van der Waals surface area contributed by atoms with Crippen LogP contribution in [0.15, 0.2) is 83.8 Å². The summed E-state index contributed by atoms with van der Waals surface area (Å²) >= 11 is 1.68. The van der Waals surface area contributed by atoms with Gasteiger partial charge in [0.2, 0.25) is 11.8 Å². The van der Waals surface area contributed by atoms with Crippen molar-refractivity contribution in [2.24, 2.45) is 0 Å². The van der Waals surface area contributed by atoms with Crippen molar-refractivity contribution in [1.29, 1.82) is 0 Å². The van der Waals surface area contributed by atoms with Gasteiger partial charge in [-0.05, 0) is 36.2 Å². The van der Waals surface area contributed by atoms with E-state index in [1.165, 1.54) is 0 Å². The molecule has 1 heterocycles. The highest BCUT2D eigenvalue weighted by molar-refractivity contribution is 7.99. The van der Waals surface area contributed by atoms with Crippen LogP contribution in [0.4, 0.5) is 11.4 Å². The number of aryl methyl sites for hydroxylation is 1. The number of rotatable bonds is 4. The minimum atomic E-state index is -0.203. The van der Waals surface area contributed by atoms with Gasteiger partial charge >= 0.3 is 0 Å². The van der Waals surface area contributed by atoms with Gasteiger partial charge in [0.1, 0.15) is 6.54 Å². The highest BCUT2D eigenvalue weighted by Crippen LogP contribution is 2.45. The molecule has 0 saturated carbocycles. The second-order valence-corrected chi connectivity index (χ2v) is 8.28. The number of anilines is 2. The summed E-state index contributed by atoms with van der Waals surface area (Å²) in [6.07, 6.45) is 0.348. The fraction of sp³-hybridized carbons (Fsp3) is 0.167. The first-order chi connectivity index (χ1) is 14.1. The maximum Gasteiger partial charge on any atom is 0.244 e. The Balaban J connectivity index is 1.59. The van der Waals surface area contributed by atoms with Crippen LogP contribution in [0.1, 0.15) is 22.8 Å². The van der Waals surface area contributed by atoms with Crippen molar-refractivity contribution in [3.63, 3.8) is 0 Å². The van der Waals surface area contributed by atoms with Gasteiger partial charge in [0.25, 0.3) is 0 Å². The Morgan fingerprint density at radius 2 is 1.69 bits per heavy atom. The lowest BCUT2D eigenvalue weighted by molar-refractivity contribution is -0.121. The van der Waals surface area contributed by atoms with Crippen LogP contribution in [-0.2, 0) is 9.59 Å². The zero-order chi connectivity index (χ0) is 20.2. The Morgan fingerprint density at radius 3 is 2.48 bits per heavy atom. The molecule has 4 rings (SSSR count). The molecule has 0 unspecified atom stereocenters. The highest BCUT2D eigenvalue weighted by atomic mass is 32.2. The molecular weight excluding hydrogens is 380 g/mol. The average molecular weight is 403 g/mol. The van der Waals surface area contributed by atoms with Gasteiger partial charge in [0.15, 0.2) is 0 Å². The van der Waals surface area contributed by atoms with E-state index in [2.05, 4.69) is 5.32 Å². The number of carbonyl (C=O) groups excluding carboxylic acids is 2. The lowest BCUT2D eigenvalue weighted by atomic mass is 10.1. The first-order valence-electron chi connectivity index (χ1n) is 9.58. The molecule has 3 aromatic carbocycles. The number of thioether (sulfide) groups is 1. The molecule has 2 amide bonds. The molecule has 0 aromatic heterocycles. The number of nitrogens with one attached hydrogen (secondary N) is 1. The minimum absolute atomic E-state index is 0.00769. The molecule has 1 aliphatic rings. The normalized spacial score (nSPS) is 16.1. The van der Waals surface area contributed by atoms with Gasteiger partial charge in [0.05, 0.1) is 5.69 Å². The summed E-state index contributed by atoms with van der Waals surface area (Å²) in [6, 6.07) is 25.5. The van der Waals surface area contributed by atoms with Gasteiger partial charge in [-0.25, -0.2) is 0 Å². The molecule has 0 bridgehead atoms. The molecule has 5 heteroatoms. The summed E-state index contributed by atoms with van der Waals surface area (Å²) < 4.78 is 0. The molecular formula is C24H22N2O2S. The first-order valence-corrected chi connectivity index (χ1v) is 10.5. The molecule has 1 N–H and O–H groups in total. The Labute approximate surface area is 174 Å². The van der Waals surface area contributed by atoms with Crippen molar-refractivity contribution in [2.45, 2.75) is 23.5 Å². The van der Waals surface area contributed by atoms with Crippen LogP contribution in [0, 0.1) is 6.92 Å². The Hall–Kier alpha value is -3.05. The molecule has 0 spiro atoms. The van der Waals surface area contributed by atoms with Crippen LogP contribution in [0.3, 0.4) is 0 Å². The van der Waals surface area contributed by atoms with Crippen molar-refractivity contribution in [3.8, 4) is 0 Å². The summed E-state index contributed by atoms with van der Waals surface area (Å²) in [5.74, 6) is -0.248. The monoisotopic (exact) mass is 402 g/mol. The van der Waals surface area contributed by atoms with E-state index in [1.54, 1.807) is 16.7 Å². The molecule has 1 aliphatic heterocycles. The maximum atomic E-state index is 13.1. The van der Waals surface area contributed by atoms with E-state index in [4.69, 9.17) is 0 Å². The SMILES string of the molecule is Cc1ccccc1NC(=O)CN1C(=O)C[C@H](c2ccccc2)Sc2ccccc21. The lowest BCUT2D eigenvalue weighted by Crippen LogP contribution is -2.38. The highest BCUT2D eigenvalue weighted by Gasteiger charge is 2.30. The van der Waals surface area contributed by atoms with Gasteiger partial charge in [-0.2, -0.15) is 0 Å². The van der Waals surface area contributed by atoms with E-state index >= 15 is 0 Å². The number of benzene rings is 3. The summed E-state index contributed by atoms with van der Waals surface area (Å²) in [4.78, 5) is 28.5. The van der Waals surface area contributed by atoms with Crippen molar-refractivity contribution in [2.75, 3.05) is 16.8 Å². The van der Waals surface area contributed by atoms with Crippen LogP contribution in [0.5, 0.6) is 0 Å². The van der Waals surface area contributed by atoms with Crippen LogP contribution in [-0.4, -0.2) is 18.4 Å². The Kier molecular flexibility index (Phi) is 5.67. The molecule has 1 atom stereocenters. The number of fused-ring (bicyclic) bond motifs is 1. The summed E-state index contributed by atoms with van der Waals surface area (Å²) in [6.45, 7) is 1.94. The lowest BCUT2D eigenvalue weighted by Gasteiger charge is -2.22. The average Bonchev–Trinajstić information content (AvgIpc) is 2.87. The molecule has 3 aromatic rings. The second-order valence-electron chi connectivity index (χ2n) is 7.03. The molecule has 146 valence electrons. The van der Waals surface area contributed by atoms with E-state index in [0.29, 0.717) is 6.42 Å². The van der Waals surface area contributed by atoms with Crippen molar-refractivity contribution < 1.29 is 9.59 Å². The van der Waals surface area contributed by atoms with Crippen molar-refractivity contribution >= 4 is 35.0 Å². The maximum absolute atomic E-state index is 13.1. The van der Waals surface area contributed by atoms with E-state index in [1.807, 2.05) is 85.8 Å². The van der Waals surface area contributed by atoms with E-state index in [-0.39, 0.29) is 23.6 Å². The third-order valence-corrected chi connectivity index (χ3v) is 6.30.